The standard InChI is InChI=1S/C13H21NO4Si/c1-17-12(15)11-7-6-10(8-9-19(3,4)5)14(11)13(16)18-2/h10-11H,6-7H2,1-5H3. The van der Waals surface area contributed by atoms with E-state index in [1.54, 1.807) is 0 Å². The maximum absolute atomic E-state index is 11.8. The molecule has 0 aromatic carbocycles. The van der Waals surface area contributed by atoms with Crippen molar-refractivity contribution in [3.8, 4) is 11.5 Å². The van der Waals surface area contributed by atoms with E-state index < -0.39 is 26.2 Å². The van der Waals surface area contributed by atoms with Crippen molar-refractivity contribution in [3.05, 3.63) is 0 Å². The average Bonchev–Trinajstić information content (AvgIpc) is 2.77. The van der Waals surface area contributed by atoms with E-state index in [0.29, 0.717) is 12.8 Å². The summed E-state index contributed by atoms with van der Waals surface area (Å²) in [6.07, 6.45) is 0.710. The highest BCUT2D eigenvalue weighted by Gasteiger charge is 2.41. The van der Waals surface area contributed by atoms with E-state index in [2.05, 4.69) is 31.1 Å². The molecule has 0 bridgehead atoms. The molecule has 1 aliphatic rings. The highest BCUT2D eigenvalue weighted by atomic mass is 28.3. The third-order valence-electron chi connectivity index (χ3n) is 2.86. The Morgan fingerprint density at radius 3 is 2.26 bits per heavy atom. The van der Waals surface area contributed by atoms with Crippen LogP contribution in [0.5, 0.6) is 0 Å². The SMILES string of the molecule is COC(=O)C1CCC(C#C[Si](C)(C)C)N1C(=O)OC. The number of hydrogen-bond donors (Lipinski definition) is 0. The molecular formula is C13H21NO4Si. The molecule has 0 aromatic rings. The zero-order valence-corrected chi connectivity index (χ0v) is 13.1. The van der Waals surface area contributed by atoms with E-state index in [9.17, 15) is 9.59 Å². The van der Waals surface area contributed by atoms with Crippen LogP contribution in [0.3, 0.4) is 0 Å². The van der Waals surface area contributed by atoms with E-state index in [-0.39, 0.29) is 6.04 Å². The summed E-state index contributed by atoms with van der Waals surface area (Å²) in [6, 6.07) is -0.846. The summed E-state index contributed by atoms with van der Waals surface area (Å²) in [6.45, 7) is 6.40. The van der Waals surface area contributed by atoms with Gasteiger partial charge in [0.2, 0.25) is 0 Å². The van der Waals surface area contributed by atoms with Crippen LogP contribution in [0.15, 0.2) is 0 Å². The molecule has 1 heterocycles. The number of nitrogens with zero attached hydrogens (tertiary/aromatic N) is 1. The van der Waals surface area contributed by atoms with E-state index in [1.807, 2.05) is 0 Å². The second kappa shape index (κ2) is 6.11. The van der Waals surface area contributed by atoms with Crippen LogP contribution in [0.2, 0.25) is 19.6 Å². The Balaban J connectivity index is 2.96. The fraction of sp³-hybridized carbons (Fsp3) is 0.692. The Bertz CT molecular complexity index is 419. The number of amides is 1. The summed E-state index contributed by atoms with van der Waals surface area (Å²) in [5.41, 5.74) is 3.24. The molecule has 1 aliphatic heterocycles. The number of methoxy groups -OCH3 is 2. The van der Waals surface area contributed by atoms with Crippen LogP contribution in [-0.2, 0) is 14.3 Å². The highest BCUT2D eigenvalue weighted by molar-refractivity contribution is 6.83. The van der Waals surface area contributed by atoms with Crippen LogP contribution >= 0.6 is 0 Å². The van der Waals surface area contributed by atoms with Crippen molar-refractivity contribution in [2.24, 2.45) is 0 Å². The van der Waals surface area contributed by atoms with Gasteiger partial charge in [-0.25, -0.2) is 9.59 Å². The molecular weight excluding hydrogens is 262 g/mol. The lowest BCUT2D eigenvalue weighted by Crippen LogP contribution is -2.45. The lowest BCUT2D eigenvalue weighted by molar-refractivity contribution is -0.145. The fourth-order valence-electron chi connectivity index (χ4n) is 1.98. The monoisotopic (exact) mass is 283 g/mol. The molecule has 0 spiro atoms. The molecule has 1 rings (SSSR count). The van der Waals surface area contributed by atoms with Crippen LogP contribution in [0.25, 0.3) is 0 Å². The number of rotatable bonds is 1. The first-order chi connectivity index (χ1) is 8.80. The van der Waals surface area contributed by atoms with Crippen LogP contribution < -0.4 is 0 Å². The van der Waals surface area contributed by atoms with Gasteiger partial charge in [0, 0.05) is 0 Å². The van der Waals surface area contributed by atoms with Gasteiger partial charge in [-0.3, -0.25) is 4.90 Å². The summed E-state index contributed by atoms with van der Waals surface area (Å²) in [7, 11) is 1.11. The normalized spacial score (nSPS) is 22.5. The van der Waals surface area contributed by atoms with Crippen molar-refractivity contribution in [2.75, 3.05) is 14.2 Å². The summed E-state index contributed by atoms with van der Waals surface area (Å²) >= 11 is 0. The average molecular weight is 283 g/mol. The number of carbonyl (C=O) groups is 2. The van der Waals surface area contributed by atoms with Gasteiger partial charge in [-0.05, 0) is 12.8 Å². The molecule has 0 radical (unpaired) electrons. The quantitative estimate of drug-likeness (QED) is 0.417. The van der Waals surface area contributed by atoms with Gasteiger partial charge in [-0.2, -0.15) is 0 Å². The molecule has 1 amide bonds. The molecule has 19 heavy (non-hydrogen) atoms. The van der Waals surface area contributed by atoms with Gasteiger partial charge in [0.25, 0.3) is 0 Å². The Morgan fingerprint density at radius 1 is 1.16 bits per heavy atom. The largest absolute Gasteiger partial charge is 0.467 e. The predicted molar refractivity (Wildman–Crippen MR) is 74.2 cm³/mol. The molecule has 0 N–H and O–H groups in total. The van der Waals surface area contributed by atoms with Gasteiger partial charge >= 0.3 is 12.1 Å². The topological polar surface area (TPSA) is 55.8 Å². The van der Waals surface area contributed by atoms with Crippen LogP contribution in [0.1, 0.15) is 12.8 Å². The molecule has 6 heteroatoms. The highest BCUT2D eigenvalue weighted by Crippen LogP contribution is 2.25. The number of ether oxygens (including phenoxy) is 2. The number of likely N-dealkylation sites (tertiary alicyclic amines) is 1. The van der Waals surface area contributed by atoms with Crippen molar-refractivity contribution >= 4 is 20.1 Å². The van der Waals surface area contributed by atoms with Gasteiger partial charge in [0.1, 0.15) is 14.1 Å². The maximum Gasteiger partial charge on any atom is 0.411 e. The molecule has 0 aliphatic carbocycles. The summed E-state index contributed by atoms with van der Waals surface area (Å²) in [5.74, 6) is 2.71. The molecule has 0 saturated carbocycles. The fourth-order valence-corrected chi connectivity index (χ4v) is 2.58. The zero-order valence-electron chi connectivity index (χ0n) is 12.1. The maximum atomic E-state index is 11.8. The van der Waals surface area contributed by atoms with E-state index in [4.69, 9.17) is 9.47 Å². The van der Waals surface area contributed by atoms with E-state index in [1.165, 1.54) is 19.1 Å². The Hall–Kier alpha value is -1.48. The van der Waals surface area contributed by atoms with E-state index in [0.717, 1.165) is 0 Å². The molecule has 2 unspecified atom stereocenters. The van der Waals surface area contributed by atoms with Gasteiger partial charge in [-0.1, -0.05) is 25.6 Å². The third kappa shape index (κ3) is 4.00. The van der Waals surface area contributed by atoms with Crippen molar-refractivity contribution in [2.45, 2.75) is 44.6 Å². The third-order valence-corrected chi connectivity index (χ3v) is 3.75. The number of esters is 1. The Morgan fingerprint density at radius 2 is 1.79 bits per heavy atom. The van der Waals surface area contributed by atoms with Crippen molar-refractivity contribution < 1.29 is 19.1 Å². The van der Waals surface area contributed by atoms with Crippen molar-refractivity contribution in [3.63, 3.8) is 0 Å². The van der Waals surface area contributed by atoms with Gasteiger partial charge < -0.3 is 9.47 Å². The van der Waals surface area contributed by atoms with Gasteiger partial charge in [-0.15, -0.1) is 5.54 Å². The van der Waals surface area contributed by atoms with Gasteiger partial charge in [0.15, 0.2) is 0 Å². The van der Waals surface area contributed by atoms with Gasteiger partial charge in [0.05, 0.1) is 20.3 Å². The predicted octanol–water partition coefficient (Wildman–Crippen LogP) is 1.64. The zero-order chi connectivity index (χ0) is 14.6. The lowest BCUT2D eigenvalue weighted by atomic mass is 10.2. The molecule has 1 saturated heterocycles. The lowest BCUT2D eigenvalue weighted by Gasteiger charge is -2.24. The first kappa shape index (κ1) is 15.6. The van der Waals surface area contributed by atoms with E-state index >= 15 is 0 Å². The Kier molecular flexibility index (Phi) is 5.01. The molecule has 1 fully saturated rings. The van der Waals surface area contributed by atoms with Crippen LogP contribution in [-0.4, -0.2) is 51.3 Å². The molecule has 2 atom stereocenters. The smallest absolute Gasteiger partial charge is 0.411 e. The summed E-state index contributed by atoms with van der Waals surface area (Å²) in [5, 5.41) is 0. The molecule has 106 valence electrons. The first-order valence-electron chi connectivity index (χ1n) is 6.27. The minimum atomic E-state index is -1.51. The minimum absolute atomic E-state index is 0.261. The second-order valence-electron chi connectivity index (χ2n) is 5.53. The van der Waals surface area contributed by atoms with Crippen LogP contribution in [0.4, 0.5) is 4.79 Å². The van der Waals surface area contributed by atoms with Crippen molar-refractivity contribution in [1.82, 2.24) is 4.90 Å². The summed E-state index contributed by atoms with van der Waals surface area (Å²) in [4.78, 5) is 24.9. The first-order valence-corrected chi connectivity index (χ1v) is 9.77. The van der Waals surface area contributed by atoms with Crippen molar-refractivity contribution in [1.29, 1.82) is 0 Å². The van der Waals surface area contributed by atoms with Crippen LogP contribution in [0, 0.1) is 11.5 Å². The molecule has 5 nitrogen and oxygen atoms in total. The minimum Gasteiger partial charge on any atom is -0.467 e. The summed E-state index contributed by atoms with van der Waals surface area (Å²) < 4.78 is 9.47. The second-order valence-corrected chi connectivity index (χ2v) is 10.3. The molecule has 0 aromatic heterocycles. The number of carbonyl (C=O) groups excluding carboxylic acids is 2. The Labute approximate surface area is 115 Å². The number of hydrogen-bond acceptors (Lipinski definition) is 4.